The molecule has 0 amide bonds. The smallest absolute Gasteiger partial charge is 0.235 e. The maximum atomic E-state index is 11.4. The van der Waals surface area contributed by atoms with Crippen molar-refractivity contribution in [3.05, 3.63) is 23.4 Å². The third-order valence-electron chi connectivity index (χ3n) is 1.70. The zero-order valence-corrected chi connectivity index (χ0v) is 10.2. The SMILES string of the molecule is Cc1cc(C)nc(NS(=O)(=O)CCCl)c1. The van der Waals surface area contributed by atoms with E-state index < -0.39 is 10.0 Å². The zero-order chi connectivity index (χ0) is 11.5. The van der Waals surface area contributed by atoms with Crippen molar-refractivity contribution in [2.45, 2.75) is 13.8 Å². The lowest BCUT2D eigenvalue weighted by Crippen LogP contribution is -2.18. The molecule has 0 radical (unpaired) electrons. The zero-order valence-electron chi connectivity index (χ0n) is 8.62. The predicted molar refractivity (Wildman–Crippen MR) is 61.8 cm³/mol. The Labute approximate surface area is 94.7 Å². The van der Waals surface area contributed by atoms with Crippen LogP contribution in [0.4, 0.5) is 5.82 Å². The van der Waals surface area contributed by atoms with E-state index in [1.54, 1.807) is 6.07 Å². The van der Waals surface area contributed by atoms with Crippen LogP contribution in [0, 0.1) is 13.8 Å². The van der Waals surface area contributed by atoms with Gasteiger partial charge in [0.05, 0.1) is 5.75 Å². The molecule has 0 saturated heterocycles. The molecule has 6 heteroatoms. The van der Waals surface area contributed by atoms with Crippen LogP contribution in [0.3, 0.4) is 0 Å². The molecule has 15 heavy (non-hydrogen) atoms. The highest BCUT2D eigenvalue weighted by atomic mass is 35.5. The summed E-state index contributed by atoms with van der Waals surface area (Å²) in [6.07, 6.45) is 0. The Kier molecular flexibility index (Phi) is 3.93. The van der Waals surface area contributed by atoms with Crippen LogP contribution < -0.4 is 4.72 Å². The second-order valence-corrected chi connectivity index (χ2v) is 5.50. The minimum absolute atomic E-state index is 0.0696. The maximum absolute atomic E-state index is 11.4. The Morgan fingerprint density at radius 2 is 2.07 bits per heavy atom. The topological polar surface area (TPSA) is 59.1 Å². The number of hydrogen-bond acceptors (Lipinski definition) is 3. The van der Waals surface area contributed by atoms with E-state index in [1.807, 2.05) is 19.9 Å². The number of pyridine rings is 1. The summed E-state index contributed by atoms with van der Waals surface area (Å²) in [6.45, 7) is 3.69. The molecule has 0 aliphatic rings. The Balaban J connectivity index is 2.90. The van der Waals surface area contributed by atoms with Gasteiger partial charge in [-0.2, -0.15) is 0 Å². The molecule has 0 fully saturated rings. The molecule has 0 aromatic carbocycles. The number of nitrogens with one attached hydrogen (secondary N) is 1. The fourth-order valence-corrected chi connectivity index (χ4v) is 2.54. The Bertz CT molecular complexity index is 425. The van der Waals surface area contributed by atoms with Crippen LogP contribution in [0.5, 0.6) is 0 Å². The normalized spacial score (nSPS) is 11.4. The number of rotatable bonds is 4. The van der Waals surface area contributed by atoms with Crippen molar-refractivity contribution in [3.8, 4) is 0 Å². The van der Waals surface area contributed by atoms with Gasteiger partial charge in [0.15, 0.2) is 0 Å². The average Bonchev–Trinajstić information content (AvgIpc) is 1.99. The lowest BCUT2D eigenvalue weighted by Gasteiger charge is -2.07. The van der Waals surface area contributed by atoms with Crippen molar-refractivity contribution in [1.82, 2.24) is 4.98 Å². The highest BCUT2D eigenvalue weighted by molar-refractivity contribution is 7.92. The molecule has 0 aliphatic heterocycles. The first-order valence-corrected chi connectivity index (χ1v) is 6.63. The fraction of sp³-hybridized carbons (Fsp3) is 0.444. The Morgan fingerprint density at radius 3 is 2.60 bits per heavy atom. The molecular formula is C9H13ClN2O2S. The molecule has 1 aromatic heterocycles. The number of nitrogens with zero attached hydrogens (tertiary/aromatic N) is 1. The largest absolute Gasteiger partial charge is 0.267 e. The fourth-order valence-electron chi connectivity index (χ4n) is 1.21. The van der Waals surface area contributed by atoms with E-state index in [0.717, 1.165) is 11.3 Å². The van der Waals surface area contributed by atoms with Gasteiger partial charge in [0.2, 0.25) is 10.0 Å². The molecule has 0 atom stereocenters. The van der Waals surface area contributed by atoms with Crippen LogP contribution in [-0.2, 0) is 10.0 Å². The second-order valence-electron chi connectivity index (χ2n) is 3.28. The van der Waals surface area contributed by atoms with Gasteiger partial charge in [-0.15, -0.1) is 11.6 Å². The van der Waals surface area contributed by atoms with Crippen LogP contribution in [0.2, 0.25) is 0 Å². The first-order chi connectivity index (χ1) is 6.93. The summed E-state index contributed by atoms with van der Waals surface area (Å²) in [5, 5.41) is 0. The van der Waals surface area contributed by atoms with Gasteiger partial charge in [-0.05, 0) is 31.5 Å². The quantitative estimate of drug-likeness (QED) is 0.825. The van der Waals surface area contributed by atoms with E-state index in [9.17, 15) is 8.42 Å². The van der Waals surface area contributed by atoms with E-state index in [4.69, 9.17) is 11.6 Å². The third-order valence-corrected chi connectivity index (χ3v) is 3.38. The second kappa shape index (κ2) is 4.81. The van der Waals surface area contributed by atoms with Crippen LogP contribution in [-0.4, -0.2) is 25.0 Å². The Morgan fingerprint density at radius 1 is 1.40 bits per heavy atom. The van der Waals surface area contributed by atoms with Crippen molar-refractivity contribution >= 4 is 27.4 Å². The monoisotopic (exact) mass is 248 g/mol. The van der Waals surface area contributed by atoms with E-state index in [0.29, 0.717) is 5.82 Å². The van der Waals surface area contributed by atoms with Gasteiger partial charge in [0.1, 0.15) is 5.82 Å². The molecule has 0 bridgehead atoms. The van der Waals surface area contributed by atoms with Gasteiger partial charge in [-0.25, -0.2) is 13.4 Å². The summed E-state index contributed by atoms with van der Waals surface area (Å²) < 4.78 is 25.2. The van der Waals surface area contributed by atoms with E-state index in [-0.39, 0.29) is 11.6 Å². The summed E-state index contributed by atoms with van der Waals surface area (Å²) in [7, 11) is -3.36. The first-order valence-electron chi connectivity index (χ1n) is 4.45. The lowest BCUT2D eigenvalue weighted by atomic mass is 10.2. The first kappa shape index (κ1) is 12.3. The van der Waals surface area contributed by atoms with Gasteiger partial charge < -0.3 is 0 Å². The average molecular weight is 249 g/mol. The minimum Gasteiger partial charge on any atom is -0.267 e. The maximum Gasteiger partial charge on any atom is 0.235 e. The highest BCUT2D eigenvalue weighted by Crippen LogP contribution is 2.10. The van der Waals surface area contributed by atoms with Crippen molar-refractivity contribution in [2.24, 2.45) is 0 Å². The molecule has 0 saturated carbocycles. The number of hydrogen-bond donors (Lipinski definition) is 1. The highest BCUT2D eigenvalue weighted by Gasteiger charge is 2.10. The summed E-state index contributed by atoms with van der Waals surface area (Å²) >= 11 is 5.38. The lowest BCUT2D eigenvalue weighted by molar-refractivity contribution is 0.602. The van der Waals surface area contributed by atoms with Gasteiger partial charge in [-0.1, -0.05) is 0 Å². The van der Waals surface area contributed by atoms with E-state index in [2.05, 4.69) is 9.71 Å². The number of alkyl halides is 1. The van der Waals surface area contributed by atoms with Crippen LogP contribution in [0.25, 0.3) is 0 Å². The Hall–Kier alpha value is -0.810. The molecule has 84 valence electrons. The van der Waals surface area contributed by atoms with Crippen molar-refractivity contribution in [1.29, 1.82) is 0 Å². The molecular weight excluding hydrogens is 236 g/mol. The van der Waals surface area contributed by atoms with Crippen molar-refractivity contribution in [2.75, 3.05) is 16.4 Å². The van der Waals surface area contributed by atoms with Gasteiger partial charge in [-0.3, -0.25) is 4.72 Å². The van der Waals surface area contributed by atoms with Gasteiger partial charge in [0.25, 0.3) is 0 Å². The number of aryl methyl sites for hydroxylation is 2. The van der Waals surface area contributed by atoms with E-state index in [1.165, 1.54) is 0 Å². The standard InChI is InChI=1S/C9H13ClN2O2S/c1-7-5-8(2)11-9(6-7)12-15(13,14)4-3-10/h5-6H,3-4H2,1-2H3,(H,11,12). The third kappa shape index (κ3) is 4.05. The predicted octanol–water partition coefficient (Wildman–Crippen LogP) is 1.68. The van der Waals surface area contributed by atoms with E-state index >= 15 is 0 Å². The van der Waals surface area contributed by atoms with Crippen molar-refractivity contribution < 1.29 is 8.42 Å². The molecule has 0 unspecified atom stereocenters. The van der Waals surface area contributed by atoms with Crippen molar-refractivity contribution in [3.63, 3.8) is 0 Å². The van der Waals surface area contributed by atoms with Gasteiger partial charge >= 0.3 is 0 Å². The molecule has 0 aliphatic carbocycles. The molecule has 1 rings (SSSR count). The molecule has 1 aromatic rings. The molecule has 0 spiro atoms. The van der Waals surface area contributed by atoms with Crippen LogP contribution in [0.1, 0.15) is 11.3 Å². The van der Waals surface area contributed by atoms with Gasteiger partial charge in [0, 0.05) is 11.6 Å². The summed E-state index contributed by atoms with van der Waals surface area (Å²) in [6, 6.07) is 3.55. The van der Waals surface area contributed by atoms with Crippen LogP contribution in [0.15, 0.2) is 12.1 Å². The number of aromatic nitrogens is 1. The molecule has 1 N–H and O–H groups in total. The number of anilines is 1. The summed E-state index contributed by atoms with van der Waals surface area (Å²) in [5.41, 5.74) is 1.74. The summed E-state index contributed by atoms with van der Waals surface area (Å²) in [4.78, 5) is 4.07. The summed E-state index contributed by atoms with van der Waals surface area (Å²) in [5.74, 6) is 0.307. The minimum atomic E-state index is -3.36. The molecule has 4 nitrogen and oxygen atoms in total. The molecule has 1 heterocycles. The number of sulfonamides is 1. The van der Waals surface area contributed by atoms with Crippen LogP contribution >= 0.6 is 11.6 Å². The number of halogens is 1.